The van der Waals surface area contributed by atoms with Crippen molar-refractivity contribution in [1.29, 1.82) is 0 Å². The summed E-state index contributed by atoms with van der Waals surface area (Å²) in [5.74, 6) is -0.220. The highest BCUT2D eigenvalue weighted by Gasteiger charge is 2.15. The van der Waals surface area contributed by atoms with Crippen molar-refractivity contribution in [2.45, 2.75) is 52.0 Å². The standard InChI is InChI=1S/C17H25N3O2/c1-12-8-9-15(10-13(12)2)19-16(21)11-18-17(22)20-14-6-4-3-5-7-14/h8-10,14H,3-7,11H2,1-2H3,(H,19,21)(H2,18,20,22). The molecule has 1 aliphatic rings. The van der Waals surface area contributed by atoms with E-state index in [1.807, 2.05) is 32.0 Å². The summed E-state index contributed by atoms with van der Waals surface area (Å²) in [6, 6.07) is 5.74. The molecule has 1 aliphatic carbocycles. The first-order valence-electron chi connectivity index (χ1n) is 7.96. The van der Waals surface area contributed by atoms with Crippen molar-refractivity contribution in [2.75, 3.05) is 11.9 Å². The molecule has 2 rings (SSSR count). The number of carbonyl (C=O) groups excluding carboxylic acids is 2. The third-order valence-electron chi connectivity index (χ3n) is 4.14. The Balaban J connectivity index is 1.72. The average Bonchev–Trinajstić information content (AvgIpc) is 2.50. The Morgan fingerprint density at radius 1 is 1.09 bits per heavy atom. The van der Waals surface area contributed by atoms with E-state index in [-0.39, 0.29) is 24.5 Å². The van der Waals surface area contributed by atoms with Gasteiger partial charge in [-0.25, -0.2) is 4.79 Å². The molecular weight excluding hydrogens is 278 g/mol. The van der Waals surface area contributed by atoms with Crippen molar-refractivity contribution in [1.82, 2.24) is 10.6 Å². The molecule has 0 saturated heterocycles. The second-order valence-electron chi connectivity index (χ2n) is 6.01. The highest BCUT2D eigenvalue weighted by Crippen LogP contribution is 2.17. The Labute approximate surface area is 131 Å². The number of nitrogens with one attached hydrogen (secondary N) is 3. The number of hydrogen-bond acceptors (Lipinski definition) is 2. The molecule has 0 spiro atoms. The van der Waals surface area contributed by atoms with Gasteiger partial charge in [-0.1, -0.05) is 25.3 Å². The van der Waals surface area contributed by atoms with Gasteiger partial charge in [-0.2, -0.15) is 0 Å². The lowest BCUT2D eigenvalue weighted by atomic mass is 9.96. The molecule has 1 saturated carbocycles. The van der Waals surface area contributed by atoms with Crippen LogP contribution in [0.25, 0.3) is 0 Å². The number of aryl methyl sites for hydroxylation is 2. The first-order valence-corrected chi connectivity index (χ1v) is 7.96. The van der Waals surface area contributed by atoms with Gasteiger partial charge in [-0.15, -0.1) is 0 Å². The summed E-state index contributed by atoms with van der Waals surface area (Å²) in [5, 5.41) is 8.33. The van der Waals surface area contributed by atoms with Crippen LogP contribution in [0.1, 0.15) is 43.2 Å². The molecule has 0 bridgehead atoms. The van der Waals surface area contributed by atoms with Gasteiger partial charge in [0.05, 0.1) is 6.54 Å². The van der Waals surface area contributed by atoms with E-state index in [0.717, 1.165) is 36.9 Å². The topological polar surface area (TPSA) is 70.2 Å². The summed E-state index contributed by atoms with van der Waals surface area (Å²) in [6.07, 6.45) is 5.64. The number of amides is 3. The molecule has 5 nitrogen and oxygen atoms in total. The van der Waals surface area contributed by atoms with Crippen LogP contribution >= 0.6 is 0 Å². The van der Waals surface area contributed by atoms with Crippen molar-refractivity contribution in [2.24, 2.45) is 0 Å². The zero-order valence-corrected chi connectivity index (χ0v) is 13.4. The van der Waals surface area contributed by atoms with E-state index in [9.17, 15) is 9.59 Å². The van der Waals surface area contributed by atoms with Gasteiger partial charge in [0.25, 0.3) is 0 Å². The molecule has 5 heteroatoms. The third kappa shape index (κ3) is 5.06. The first kappa shape index (κ1) is 16.3. The third-order valence-corrected chi connectivity index (χ3v) is 4.14. The number of rotatable bonds is 4. The minimum Gasteiger partial charge on any atom is -0.335 e. The van der Waals surface area contributed by atoms with Crippen LogP contribution < -0.4 is 16.0 Å². The zero-order chi connectivity index (χ0) is 15.9. The second-order valence-corrected chi connectivity index (χ2v) is 6.01. The monoisotopic (exact) mass is 303 g/mol. The van der Waals surface area contributed by atoms with E-state index in [1.54, 1.807) is 0 Å². The van der Waals surface area contributed by atoms with E-state index >= 15 is 0 Å². The maximum Gasteiger partial charge on any atom is 0.315 e. The molecule has 3 N–H and O–H groups in total. The van der Waals surface area contributed by atoms with Gasteiger partial charge in [0.1, 0.15) is 0 Å². The second kappa shape index (κ2) is 7.82. The van der Waals surface area contributed by atoms with Gasteiger partial charge < -0.3 is 16.0 Å². The Morgan fingerprint density at radius 3 is 2.50 bits per heavy atom. The summed E-state index contributed by atoms with van der Waals surface area (Å²) in [6.45, 7) is 4.00. The summed E-state index contributed by atoms with van der Waals surface area (Å²) in [4.78, 5) is 23.6. The van der Waals surface area contributed by atoms with Crippen molar-refractivity contribution < 1.29 is 9.59 Å². The van der Waals surface area contributed by atoms with Crippen molar-refractivity contribution in [3.8, 4) is 0 Å². The van der Waals surface area contributed by atoms with Gasteiger partial charge in [0.2, 0.25) is 5.91 Å². The molecule has 1 aromatic carbocycles. The summed E-state index contributed by atoms with van der Waals surface area (Å²) >= 11 is 0. The first-order chi connectivity index (χ1) is 10.5. The van der Waals surface area contributed by atoms with Crippen LogP contribution in [0.5, 0.6) is 0 Å². The van der Waals surface area contributed by atoms with E-state index in [2.05, 4.69) is 16.0 Å². The van der Waals surface area contributed by atoms with Gasteiger partial charge in [-0.3, -0.25) is 4.79 Å². The van der Waals surface area contributed by atoms with Crippen molar-refractivity contribution >= 4 is 17.6 Å². The molecule has 1 fully saturated rings. The minimum atomic E-state index is -0.262. The summed E-state index contributed by atoms with van der Waals surface area (Å²) < 4.78 is 0. The molecule has 0 aliphatic heterocycles. The Hall–Kier alpha value is -2.04. The largest absolute Gasteiger partial charge is 0.335 e. The highest BCUT2D eigenvalue weighted by atomic mass is 16.2. The molecule has 3 amide bonds. The maximum atomic E-state index is 11.9. The molecular formula is C17H25N3O2. The average molecular weight is 303 g/mol. The SMILES string of the molecule is Cc1ccc(NC(=O)CNC(=O)NC2CCCCC2)cc1C. The van der Waals surface area contributed by atoms with Crippen LogP contribution in [0.2, 0.25) is 0 Å². The molecule has 120 valence electrons. The number of benzene rings is 1. The van der Waals surface area contributed by atoms with E-state index in [1.165, 1.54) is 12.0 Å². The van der Waals surface area contributed by atoms with E-state index < -0.39 is 0 Å². The molecule has 0 unspecified atom stereocenters. The Kier molecular flexibility index (Phi) is 5.81. The van der Waals surface area contributed by atoms with E-state index in [0.29, 0.717) is 0 Å². The van der Waals surface area contributed by atoms with Crippen LogP contribution in [0.15, 0.2) is 18.2 Å². The molecule has 1 aromatic rings. The highest BCUT2D eigenvalue weighted by molar-refractivity contribution is 5.94. The predicted molar refractivity (Wildman–Crippen MR) is 88.0 cm³/mol. The molecule has 0 aromatic heterocycles. The lowest BCUT2D eigenvalue weighted by Gasteiger charge is -2.22. The maximum absolute atomic E-state index is 11.9. The normalized spacial score (nSPS) is 15.2. The van der Waals surface area contributed by atoms with Gasteiger partial charge in [0, 0.05) is 11.7 Å². The Bertz CT molecular complexity index is 537. The number of urea groups is 1. The summed E-state index contributed by atoms with van der Waals surface area (Å²) in [5.41, 5.74) is 3.06. The fourth-order valence-electron chi connectivity index (χ4n) is 2.67. The van der Waals surface area contributed by atoms with Gasteiger partial charge in [0.15, 0.2) is 0 Å². The molecule has 0 heterocycles. The van der Waals surface area contributed by atoms with Crippen LogP contribution in [-0.2, 0) is 4.79 Å². The van der Waals surface area contributed by atoms with Gasteiger partial charge >= 0.3 is 6.03 Å². The van der Waals surface area contributed by atoms with Gasteiger partial charge in [-0.05, 0) is 49.9 Å². The minimum absolute atomic E-state index is 0.0223. The smallest absolute Gasteiger partial charge is 0.315 e. The Morgan fingerprint density at radius 2 is 1.82 bits per heavy atom. The predicted octanol–water partition coefficient (Wildman–Crippen LogP) is 2.87. The number of carbonyl (C=O) groups is 2. The van der Waals surface area contributed by atoms with Crippen LogP contribution in [-0.4, -0.2) is 24.5 Å². The lowest BCUT2D eigenvalue weighted by Crippen LogP contribution is -2.45. The van der Waals surface area contributed by atoms with Crippen molar-refractivity contribution in [3.63, 3.8) is 0 Å². The molecule has 22 heavy (non-hydrogen) atoms. The molecule has 0 radical (unpaired) electrons. The zero-order valence-electron chi connectivity index (χ0n) is 13.4. The fourth-order valence-corrected chi connectivity index (χ4v) is 2.67. The lowest BCUT2D eigenvalue weighted by molar-refractivity contribution is -0.115. The van der Waals surface area contributed by atoms with Crippen LogP contribution in [0.3, 0.4) is 0 Å². The van der Waals surface area contributed by atoms with Crippen LogP contribution in [0, 0.1) is 13.8 Å². The fraction of sp³-hybridized carbons (Fsp3) is 0.529. The van der Waals surface area contributed by atoms with E-state index in [4.69, 9.17) is 0 Å². The summed E-state index contributed by atoms with van der Waals surface area (Å²) in [7, 11) is 0. The number of anilines is 1. The van der Waals surface area contributed by atoms with Crippen LogP contribution in [0.4, 0.5) is 10.5 Å². The number of hydrogen-bond donors (Lipinski definition) is 3. The quantitative estimate of drug-likeness (QED) is 0.800. The molecule has 0 atom stereocenters. The van der Waals surface area contributed by atoms with Crippen molar-refractivity contribution in [3.05, 3.63) is 29.3 Å².